The van der Waals surface area contributed by atoms with Gasteiger partial charge in [0.25, 0.3) is 0 Å². The van der Waals surface area contributed by atoms with Crippen molar-refractivity contribution in [2.75, 3.05) is 13.2 Å². The van der Waals surface area contributed by atoms with Gasteiger partial charge in [-0.05, 0) is 70.6 Å². The predicted molar refractivity (Wildman–Crippen MR) is 106 cm³/mol. The Bertz CT molecular complexity index is 584. The van der Waals surface area contributed by atoms with Crippen LogP contribution in [0.4, 0.5) is 0 Å². The van der Waals surface area contributed by atoms with Crippen molar-refractivity contribution < 1.29 is 23.8 Å². The first-order valence-electron chi connectivity index (χ1n) is 9.53. The molecule has 0 radical (unpaired) electrons. The van der Waals surface area contributed by atoms with E-state index >= 15 is 0 Å². The number of rotatable bonds is 12. The van der Waals surface area contributed by atoms with Crippen LogP contribution in [-0.4, -0.2) is 30.8 Å². The minimum Gasteiger partial charge on any atom is -0.494 e. The summed E-state index contributed by atoms with van der Waals surface area (Å²) in [6.07, 6.45) is 6.04. The third-order valence-electron chi connectivity index (χ3n) is 3.68. The van der Waals surface area contributed by atoms with Crippen LogP contribution < -0.4 is 4.74 Å². The minimum absolute atomic E-state index is 0.179. The second-order valence-electron chi connectivity index (χ2n) is 7.36. The van der Waals surface area contributed by atoms with Gasteiger partial charge in [0.1, 0.15) is 11.4 Å². The molecule has 27 heavy (non-hydrogen) atoms. The number of ether oxygens (including phenoxy) is 3. The first-order valence-corrected chi connectivity index (χ1v) is 9.53. The van der Waals surface area contributed by atoms with E-state index in [-0.39, 0.29) is 11.9 Å². The van der Waals surface area contributed by atoms with E-state index in [0.717, 1.165) is 37.0 Å². The number of hydrogen-bond acceptors (Lipinski definition) is 5. The third-order valence-corrected chi connectivity index (χ3v) is 3.68. The fourth-order valence-corrected chi connectivity index (χ4v) is 2.37. The van der Waals surface area contributed by atoms with Gasteiger partial charge in [-0.3, -0.25) is 4.79 Å². The standard InChI is InChI=1S/C22H32O5/c1-5-20(23)26-17-9-7-6-8-16-25-19-13-10-18(11-14-19)12-15-21(24)27-22(2,3)4/h5,10-11,13-14H,1,6-9,12,15-17H2,2-4H3. The van der Waals surface area contributed by atoms with E-state index in [1.165, 1.54) is 6.08 Å². The largest absolute Gasteiger partial charge is 0.494 e. The average molecular weight is 376 g/mol. The van der Waals surface area contributed by atoms with Crippen LogP contribution in [0.5, 0.6) is 5.75 Å². The maximum Gasteiger partial charge on any atom is 0.330 e. The molecule has 0 saturated heterocycles. The Morgan fingerprint density at radius 3 is 2.22 bits per heavy atom. The topological polar surface area (TPSA) is 61.8 Å². The van der Waals surface area contributed by atoms with Crippen LogP contribution in [0, 0.1) is 0 Å². The molecule has 0 atom stereocenters. The summed E-state index contributed by atoms with van der Waals surface area (Å²) in [5.74, 6) is 0.283. The van der Waals surface area contributed by atoms with Crippen LogP contribution in [0.2, 0.25) is 0 Å². The van der Waals surface area contributed by atoms with Crippen LogP contribution >= 0.6 is 0 Å². The molecule has 0 aliphatic carbocycles. The summed E-state index contributed by atoms with van der Waals surface area (Å²) < 4.78 is 16.0. The lowest BCUT2D eigenvalue weighted by atomic mass is 10.1. The molecule has 1 rings (SSSR count). The van der Waals surface area contributed by atoms with E-state index in [1.807, 2.05) is 45.0 Å². The molecular weight excluding hydrogens is 344 g/mol. The zero-order valence-electron chi connectivity index (χ0n) is 16.8. The highest BCUT2D eigenvalue weighted by molar-refractivity contribution is 5.81. The summed E-state index contributed by atoms with van der Waals surface area (Å²) in [5, 5.41) is 0. The number of hydrogen-bond donors (Lipinski definition) is 0. The SMILES string of the molecule is C=CC(=O)OCCCCCCOc1ccc(CCC(=O)OC(C)(C)C)cc1. The first-order chi connectivity index (χ1) is 12.8. The minimum atomic E-state index is -0.440. The molecule has 5 heteroatoms. The Labute approximate surface area is 162 Å². The van der Waals surface area contributed by atoms with E-state index < -0.39 is 5.60 Å². The monoisotopic (exact) mass is 376 g/mol. The van der Waals surface area contributed by atoms with E-state index in [1.54, 1.807) is 0 Å². The Balaban J connectivity index is 2.13. The van der Waals surface area contributed by atoms with Gasteiger partial charge in [0, 0.05) is 12.5 Å². The lowest BCUT2D eigenvalue weighted by molar-refractivity contribution is -0.154. The van der Waals surface area contributed by atoms with Crippen LogP contribution in [0.25, 0.3) is 0 Å². The second-order valence-corrected chi connectivity index (χ2v) is 7.36. The molecule has 0 aliphatic heterocycles. The number of benzene rings is 1. The highest BCUT2D eigenvalue weighted by atomic mass is 16.6. The number of carbonyl (C=O) groups excluding carboxylic acids is 2. The lowest BCUT2D eigenvalue weighted by Crippen LogP contribution is -2.23. The van der Waals surface area contributed by atoms with Gasteiger partial charge < -0.3 is 14.2 Å². The molecule has 0 bridgehead atoms. The second kappa shape index (κ2) is 12.2. The van der Waals surface area contributed by atoms with Gasteiger partial charge in [-0.1, -0.05) is 18.7 Å². The average Bonchev–Trinajstić information content (AvgIpc) is 2.61. The highest BCUT2D eigenvalue weighted by Crippen LogP contribution is 2.15. The summed E-state index contributed by atoms with van der Waals surface area (Å²) in [5.41, 5.74) is 0.646. The van der Waals surface area contributed by atoms with E-state index in [0.29, 0.717) is 26.1 Å². The van der Waals surface area contributed by atoms with Gasteiger partial charge in [0.15, 0.2) is 0 Å². The van der Waals surface area contributed by atoms with E-state index in [9.17, 15) is 9.59 Å². The molecule has 1 aromatic rings. The number of esters is 2. The van der Waals surface area contributed by atoms with Crippen molar-refractivity contribution in [3.63, 3.8) is 0 Å². The first kappa shape index (κ1) is 22.7. The number of unbranched alkanes of at least 4 members (excludes halogenated alkanes) is 3. The molecule has 0 unspecified atom stereocenters. The molecular formula is C22H32O5. The lowest BCUT2D eigenvalue weighted by Gasteiger charge is -2.19. The molecule has 0 amide bonds. The zero-order chi connectivity index (χ0) is 20.1. The van der Waals surface area contributed by atoms with Crippen molar-refractivity contribution in [3.05, 3.63) is 42.5 Å². The van der Waals surface area contributed by atoms with E-state index in [2.05, 4.69) is 6.58 Å². The van der Waals surface area contributed by atoms with E-state index in [4.69, 9.17) is 14.2 Å². The van der Waals surface area contributed by atoms with Crippen molar-refractivity contribution in [3.8, 4) is 5.75 Å². The third kappa shape index (κ3) is 11.8. The Morgan fingerprint density at radius 2 is 1.63 bits per heavy atom. The highest BCUT2D eigenvalue weighted by Gasteiger charge is 2.15. The summed E-state index contributed by atoms with van der Waals surface area (Å²) in [7, 11) is 0. The zero-order valence-corrected chi connectivity index (χ0v) is 16.8. The smallest absolute Gasteiger partial charge is 0.330 e. The summed E-state index contributed by atoms with van der Waals surface area (Å²) >= 11 is 0. The molecule has 0 aliphatic rings. The fraction of sp³-hybridized carbons (Fsp3) is 0.545. The molecule has 0 N–H and O–H groups in total. The summed E-state index contributed by atoms with van der Waals surface area (Å²) in [6.45, 7) is 10.1. The van der Waals surface area contributed by atoms with Gasteiger partial charge in [-0.2, -0.15) is 0 Å². The van der Waals surface area contributed by atoms with Crippen molar-refractivity contribution in [1.29, 1.82) is 0 Å². The van der Waals surface area contributed by atoms with Crippen LogP contribution in [0.3, 0.4) is 0 Å². The van der Waals surface area contributed by atoms with Crippen molar-refractivity contribution in [2.45, 2.75) is 64.9 Å². The number of aryl methyl sites for hydroxylation is 1. The molecule has 5 nitrogen and oxygen atoms in total. The van der Waals surface area contributed by atoms with Crippen molar-refractivity contribution in [2.24, 2.45) is 0 Å². The van der Waals surface area contributed by atoms with Gasteiger partial charge in [0.05, 0.1) is 13.2 Å². The van der Waals surface area contributed by atoms with Crippen molar-refractivity contribution >= 4 is 11.9 Å². The number of carbonyl (C=O) groups is 2. The molecule has 0 spiro atoms. The summed E-state index contributed by atoms with van der Waals surface area (Å²) in [4.78, 5) is 22.6. The molecule has 0 heterocycles. The van der Waals surface area contributed by atoms with Gasteiger partial charge in [0.2, 0.25) is 0 Å². The predicted octanol–water partition coefficient (Wildman–Crippen LogP) is 4.63. The quantitative estimate of drug-likeness (QED) is 0.302. The Hall–Kier alpha value is -2.30. The van der Waals surface area contributed by atoms with Crippen LogP contribution in [0.15, 0.2) is 36.9 Å². The fourth-order valence-electron chi connectivity index (χ4n) is 2.37. The maximum absolute atomic E-state index is 11.7. The molecule has 0 fully saturated rings. The normalized spacial score (nSPS) is 10.9. The Morgan fingerprint density at radius 1 is 1.00 bits per heavy atom. The maximum atomic E-state index is 11.7. The molecule has 150 valence electrons. The summed E-state index contributed by atoms with van der Waals surface area (Å²) in [6, 6.07) is 7.82. The van der Waals surface area contributed by atoms with Gasteiger partial charge >= 0.3 is 11.9 Å². The Kier molecular flexibility index (Phi) is 10.2. The van der Waals surface area contributed by atoms with Crippen LogP contribution in [-0.2, 0) is 25.5 Å². The molecule has 0 aromatic heterocycles. The van der Waals surface area contributed by atoms with Gasteiger partial charge in [-0.25, -0.2) is 4.79 Å². The molecule has 1 aromatic carbocycles. The van der Waals surface area contributed by atoms with Crippen molar-refractivity contribution in [1.82, 2.24) is 0 Å². The molecule has 0 saturated carbocycles. The van der Waals surface area contributed by atoms with Crippen LogP contribution in [0.1, 0.15) is 58.4 Å². The van der Waals surface area contributed by atoms with Gasteiger partial charge in [-0.15, -0.1) is 0 Å².